The number of benzene rings is 1. The van der Waals surface area contributed by atoms with Gasteiger partial charge in [-0.2, -0.15) is 0 Å². The number of nitrogens with zero attached hydrogens (tertiary/aromatic N) is 1. The highest BCUT2D eigenvalue weighted by Crippen LogP contribution is 2.11. The predicted octanol–water partition coefficient (Wildman–Crippen LogP) is 2.53. The predicted molar refractivity (Wildman–Crippen MR) is 68.3 cm³/mol. The number of aryl methyl sites for hydroxylation is 2. The van der Waals surface area contributed by atoms with Crippen molar-refractivity contribution in [3.8, 4) is 0 Å². The van der Waals surface area contributed by atoms with Crippen molar-refractivity contribution in [2.24, 2.45) is 0 Å². The van der Waals surface area contributed by atoms with E-state index in [4.69, 9.17) is 4.52 Å². The topological polar surface area (TPSA) is 55.1 Å². The molecule has 0 atom stereocenters. The van der Waals surface area contributed by atoms with Gasteiger partial charge in [-0.15, -0.1) is 0 Å². The third-order valence-electron chi connectivity index (χ3n) is 2.95. The van der Waals surface area contributed by atoms with Gasteiger partial charge in [0, 0.05) is 12.1 Å². The Balaban J connectivity index is 2.00. The standard InChI is InChI=1S/C14H16N2O2/c1-9-4-6-12(7-5-9)8-15-14(17)13-10(2)11(3)18-16-13/h4-7H,8H2,1-3H3,(H,15,17). The van der Waals surface area contributed by atoms with E-state index in [9.17, 15) is 4.79 Å². The first-order valence-electron chi connectivity index (χ1n) is 5.84. The smallest absolute Gasteiger partial charge is 0.274 e. The normalized spacial score (nSPS) is 10.4. The summed E-state index contributed by atoms with van der Waals surface area (Å²) < 4.78 is 4.97. The molecule has 0 spiro atoms. The molecule has 0 bridgehead atoms. The monoisotopic (exact) mass is 244 g/mol. The largest absolute Gasteiger partial charge is 0.361 e. The maximum Gasteiger partial charge on any atom is 0.274 e. The average molecular weight is 244 g/mol. The minimum absolute atomic E-state index is 0.204. The van der Waals surface area contributed by atoms with Crippen LogP contribution >= 0.6 is 0 Å². The van der Waals surface area contributed by atoms with Gasteiger partial charge in [0.05, 0.1) is 0 Å². The second kappa shape index (κ2) is 5.04. The zero-order chi connectivity index (χ0) is 13.1. The highest BCUT2D eigenvalue weighted by Gasteiger charge is 2.15. The van der Waals surface area contributed by atoms with Crippen molar-refractivity contribution in [2.45, 2.75) is 27.3 Å². The summed E-state index contributed by atoms with van der Waals surface area (Å²) in [5, 5.41) is 6.58. The number of rotatable bonds is 3. The van der Waals surface area contributed by atoms with Gasteiger partial charge in [-0.25, -0.2) is 0 Å². The van der Waals surface area contributed by atoms with Gasteiger partial charge in [-0.1, -0.05) is 35.0 Å². The minimum Gasteiger partial charge on any atom is -0.361 e. The number of hydrogen-bond donors (Lipinski definition) is 1. The molecule has 0 aliphatic heterocycles. The van der Waals surface area contributed by atoms with Crippen LogP contribution in [0.15, 0.2) is 28.8 Å². The molecule has 0 radical (unpaired) electrons. The molecular formula is C14H16N2O2. The van der Waals surface area contributed by atoms with Crippen LogP contribution in [0.5, 0.6) is 0 Å². The second-order valence-corrected chi connectivity index (χ2v) is 4.38. The zero-order valence-electron chi connectivity index (χ0n) is 10.8. The van der Waals surface area contributed by atoms with Crippen LogP contribution in [-0.4, -0.2) is 11.1 Å². The van der Waals surface area contributed by atoms with Crippen LogP contribution in [0.1, 0.15) is 32.9 Å². The lowest BCUT2D eigenvalue weighted by atomic mass is 10.1. The number of hydrogen-bond acceptors (Lipinski definition) is 3. The first-order valence-corrected chi connectivity index (χ1v) is 5.84. The van der Waals surface area contributed by atoms with E-state index in [1.165, 1.54) is 5.56 Å². The Kier molecular flexibility index (Phi) is 3.46. The molecule has 1 aromatic heterocycles. The second-order valence-electron chi connectivity index (χ2n) is 4.38. The maximum absolute atomic E-state index is 11.9. The molecule has 0 aliphatic rings. The van der Waals surface area contributed by atoms with Crippen molar-refractivity contribution in [3.63, 3.8) is 0 Å². The van der Waals surface area contributed by atoms with Crippen LogP contribution < -0.4 is 5.32 Å². The van der Waals surface area contributed by atoms with E-state index in [1.54, 1.807) is 6.92 Å². The van der Waals surface area contributed by atoms with Gasteiger partial charge in [0.2, 0.25) is 0 Å². The van der Waals surface area contributed by atoms with Crippen molar-refractivity contribution in [1.82, 2.24) is 10.5 Å². The molecular weight excluding hydrogens is 228 g/mol. The summed E-state index contributed by atoms with van der Waals surface area (Å²) in [4.78, 5) is 11.9. The molecule has 1 N–H and O–H groups in total. The molecule has 2 aromatic rings. The van der Waals surface area contributed by atoms with Gasteiger partial charge in [0.1, 0.15) is 5.76 Å². The molecule has 1 amide bonds. The van der Waals surface area contributed by atoms with Crippen LogP contribution in [0.25, 0.3) is 0 Å². The minimum atomic E-state index is -0.204. The first kappa shape index (κ1) is 12.4. The number of carbonyl (C=O) groups excluding carboxylic acids is 1. The molecule has 1 heterocycles. The molecule has 0 fully saturated rings. The van der Waals surface area contributed by atoms with E-state index >= 15 is 0 Å². The third kappa shape index (κ3) is 2.59. The number of aromatic nitrogens is 1. The summed E-state index contributed by atoms with van der Waals surface area (Å²) in [6.45, 7) is 6.14. The molecule has 4 nitrogen and oxygen atoms in total. The Labute approximate surface area is 106 Å². The highest BCUT2D eigenvalue weighted by atomic mass is 16.5. The molecule has 0 aliphatic carbocycles. The fourth-order valence-corrected chi connectivity index (χ4v) is 1.60. The molecule has 1 aromatic carbocycles. The Bertz CT molecular complexity index is 556. The number of nitrogens with one attached hydrogen (secondary N) is 1. The lowest BCUT2D eigenvalue weighted by Crippen LogP contribution is -2.23. The van der Waals surface area contributed by atoms with E-state index < -0.39 is 0 Å². The highest BCUT2D eigenvalue weighted by molar-refractivity contribution is 5.93. The van der Waals surface area contributed by atoms with Crippen molar-refractivity contribution in [3.05, 3.63) is 52.4 Å². The lowest BCUT2D eigenvalue weighted by Gasteiger charge is -2.04. The van der Waals surface area contributed by atoms with Gasteiger partial charge in [0.15, 0.2) is 5.69 Å². The van der Waals surface area contributed by atoms with E-state index in [-0.39, 0.29) is 5.91 Å². The number of carbonyl (C=O) groups is 1. The average Bonchev–Trinajstić information content (AvgIpc) is 2.69. The van der Waals surface area contributed by atoms with Crippen LogP contribution in [0.2, 0.25) is 0 Å². The molecule has 2 rings (SSSR count). The summed E-state index contributed by atoms with van der Waals surface area (Å²) >= 11 is 0. The van der Waals surface area contributed by atoms with Gasteiger partial charge in [0.25, 0.3) is 5.91 Å². The SMILES string of the molecule is Cc1ccc(CNC(=O)c2noc(C)c2C)cc1. The molecule has 18 heavy (non-hydrogen) atoms. The molecule has 94 valence electrons. The summed E-state index contributed by atoms with van der Waals surface area (Å²) in [5.74, 6) is 0.473. The molecule has 0 saturated heterocycles. The van der Waals surface area contributed by atoms with Gasteiger partial charge in [-0.05, 0) is 26.3 Å². The van der Waals surface area contributed by atoms with Gasteiger partial charge >= 0.3 is 0 Å². The Morgan fingerprint density at radius 1 is 1.22 bits per heavy atom. The Morgan fingerprint density at radius 2 is 1.89 bits per heavy atom. The van der Waals surface area contributed by atoms with Gasteiger partial charge < -0.3 is 9.84 Å². The Morgan fingerprint density at radius 3 is 2.44 bits per heavy atom. The first-order chi connectivity index (χ1) is 8.58. The van der Waals surface area contributed by atoms with E-state index in [0.29, 0.717) is 18.0 Å². The van der Waals surface area contributed by atoms with Crippen LogP contribution in [0.4, 0.5) is 0 Å². The summed E-state index contributed by atoms with van der Waals surface area (Å²) in [5.41, 5.74) is 3.41. The van der Waals surface area contributed by atoms with Crippen molar-refractivity contribution < 1.29 is 9.32 Å². The summed E-state index contributed by atoms with van der Waals surface area (Å²) in [6, 6.07) is 8.03. The van der Waals surface area contributed by atoms with Crippen LogP contribution in [0, 0.1) is 20.8 Å². The number of amides is 1. The summed E-state index contributed by atoms with van der Waals surface area (Å²) in [7, 11) is 0. The van der Waals surface area contributed by atoms with E-state index in [2.05, 4.69) is 10.5 Å². The van der Waals surface area contributed by atoms with Crippen molar-refractivity contribution in [2.75, 3.05) is 0 Å². The van der Waals surface area contributed by atoms with E-state index in [1.807, 2.05) is 38.1 Å². The quantitative estimate of drug-likeness (QED) is 0.902. The van der Waals surface area contributed by atoms with Crippen LogP contribution in [0.3, 0.4) is 0 Å². The molecule has 4 heteroatoms. The fourth-order valence-electron chi connectivity index (χ4n) is 1.60. The van der Waals surface area contributed by atoms with Crippen LogP contribution in [-0.2, 0) is 6.54 Å². The third-order valence-corrected chi connectivity index (χ3v) is 2.95. The zero-order valence-corrected chi connectivity index (χ0v) is 10.8. The summed E-state index contributed by atoms with van der Waals surface area (Å²) in [6.07, 6.45) is 0. The van der Waals surface area contributed by atoms with E-state index in [0.717, 1.165) is 11.1 Å². The maximum atomic E-state index is 11.9. The van der Waals surface area contributed by atoms with Crippen molar-refractivity contribution >= 4 is 5.91 Å². The Hall–Kier alpha value is -2.10. The molecule has 0 saturated carbocycles. The fraction of sp³-hybridized carbons (Fsp3) is 0.286. The molecule has 0 unspecified atom stereocenters. The van der Waals surface area contributed by atoms with Gasteiger partial charge in [-0.3, -0.25) is 4.79 Å². The lowest BCUT2D eigenvalue weighted by molar-refractivity contribution is 0.0941. The van der Waals surface area contributed by atoms with Crippen molar-refractivity contribution in [1.29, 1.82) is 0 Å².